The summed E-state index contributed by atoms with van der Waals surface area (Å²) in [4.78, 5) is 27.9. The van der Waals surface area contributed by atoms with E-state index in [-0.39, 0.29) is 12.2 Å². The zero-order valence-electron chi connectivity index (χ0n) is 17.0. The quantitative estimate of drug-likeness (QED) is 0.672. The summed E-state index contributed by atoms with van der Waals surface area (Å²) in [6, 6.07) is 6.73. The van der Waals surface area contributed by atoms with E-state index >= 15 is 0 Å². The standard InChI is InChI=1S/C19H21Cl2F3N6O2/c1-25-18(32)26-10-14-16(21)17(19(22,23)24)27-30(14)11-15(31)29-8-6-28(7-9-29)13-4-2-12(20)3-5-13/h2-5H,6-11H2,1H3,(H2,25,26,32). The van der Waals surface area contributed by atoms with Gasteiger partial charge < -0.3 is 20.4 Å². The Balaban J connectivity index is 1.69. The van der Waals surface area contributed by atoms with Crippen molar-refractivity contribution in [2.24, 2.45) is 0 Å². The fourth-order valence-electron chi connectivity index (χ4n) is 3.30. The Kier molecular flexibility index (Phi) is 7.40. The molecule has 13 heteroatoms. The molecule has 0 radical (unpaired) electrons. The molecule has 0 saturated carbocycles. The summed E-state index contributed by atoms with van der Waals surface area (Å²) in [5.74, 6) is -0.394. The Morgan fingerprint density at radius 1 is 1.09 bits per heavy atom. The molecule has 0 spiro atoms. The van der Waals surface area contributed by atoms with Crippen LogP contribution in [0.2, 0.25) is 10.0 Å². The van der Waals surface area contributed by atoms with Crippen LogP contribution in [0.4, 0.5) is 23.7 Å². The molecule has 0 bridgehead atoms. The van der Waals surface area contributed by atoms with Crippen molar-refractivity contribution < 1.29 is 22.8 Å². The molecule has 1 aromatic carbocycles. The lowest BCUT2D eigenvalue weighted by Gasteiger charge is -2.36. The zero-order valence-corrected chi connectivity index (χ0v) is 18.6. The van der Waals surface area contributed by atoms with Crippen LogP contribution in [-0.2, 0) is 24.1 Å². The minimum Gasteiger partial charge on any atom is -0.368 e. The molecular weight excluding hydrogens is 472 g/mol. The molecule has 1 fully saturated rings. The molecule has 3 amide bonds. The minimum absolute atomic E-state index is 0.101. The maximum Gasteiger partial charge on any atom is 0.436 e. The monoisotopic (exact) mass is 492 g/mol. The van der Waals surface area contributed by atoms with E-state index in [2.05, 4.69) is 20.6 Å². The zero-order chi connectivity index (χ0) is 23.5. The highest BCUT2D eigenvalue weighted by Crippen LogP contribution is 2.35. The molecule has 1 saturated heterocycles. The summed E-state index contributed by atoms with van der Waals surface area (Å²) in [6.45, 7) is 1.17. The SMILES string of the molecule is CNC(=O)NCc1c(Cl)c(C(F)(F)F)nn1CC(=O)N1CCN(c2ccc(Cl)cc2)CC1. The average Bonchev–Trinajstić information content (AvgIpc) is 3.08. The molecule has 2 aromatic rings. The van der Waals surface area contributed by atoms with Crippen LogP contribution in [0.25, 0.3) is 0 Å². The third-order valence-corrected chi connectivity index (χ3v) is 5.66. The lowest BCUT2D eigenvalue weighted by Crippen LogP contribution is -2.49. The summed E-state index contributed by atoms with van der Waals surface area (Å²) in [6.07, 6.45) is -4.79. The molecule has 3 rings (SSSR count). The normalized spacial score (nSPS) is 14.4. The van der Waals surface area contributed by atoms with Crippen molar-refractivity contribution in [3.05, 3.63) is 45.7 Å². The van der Waals surface area contributed by atoms with Crippen molar-refractivity contribution in [2.75, 3.05) is 38.1 Å². The molecule has 1 aromatic heterocycles. The molecule has 1 aliphatic heterocycles. The van der Waals surface area contributed by atoms with Gasteiger partial charge in [-0.15, -0.1) is 0 Å². The number of carbonyl (C=O) groups excluding carboxylic acids is 2. The van der Waals surface area contributed by atoms with Crippen molar-refractivity contribution in [2.45, 2.75) is 19.3 Å². The van der Waals surface area contributed by atoms with Crippen molar-refractivity contribution >= 4 is 40.8 Å². The average molecular weight is 493 g/mol. The molecule has 0 atom stereocenters. The molecule has 1 aliphatic rings. The van der Waals surface area contributed by atoms with E-state index in [1.807, 2.05) is 12.1 Å². The number of anilines is 1. The van der Waals surface area contributed by atoms with Gasteiger partial charge in [-0.25, -0.2) is 4.79 Å². The Bertz CT molecular complexity index is 973. The van der Waals surface area contributed by atoms with Gasteiger partial charge in [0.2, 0.25) is 5.91 Å². The van der Waals surface area contributed by atoms with Crippen LogP contribution in [0.1, 0.15) is 11.4 Å². The van der Waals surface area contributed by atoms with Crippen molar-refractivity contribution in [1.29, 1.82) is 0 Å². The molecule has 174 valence electrons. The number of benzene rings is 1. The number of rotatable bonds is 5. The number of nitrogens with one attached hydrogen (secondary N) is 2. The molecule has 2 N–H and O–H groups in total. The summed E-state index contributed by atoms with van der Waals surface area (Å²) in [5.41, 5.74) is -0.429. The van der Waals surface area contributed by atoms with Crippen LogP contribution >= 0.6 is 23.2 Å². The van der Waals surface area contributed by atoms with E-state index < -0.39 is 35.4 Å². The van der Waals surface area contributed by atoms with Crippen LogP contribution in [-0.4, -0.2) is 59.8 Å². The first-order valence-electron chi connectivity index (χ1n) is 9.66. The van der Waals surface area contributed by atoms with Crippen LogP contribution in [0, 0.1) is 0 Å². The van der Waals surface area contributed by atoms with Gasteiger partial charge in [0, 0.05) is 43.9 Å². The van der Waals surface area contributed by atoms with Crippen molar-refractivity contribution in [3.63, 3.8) is 0 Å². The lowest BCUT2D eigenvalue weighted by molar-refractivity contribution is -0.142. The topological polar surface area (TPSA) is 82.5 Å². The van der Waals surface area contributed by atoms with Gasteiger partial charge in [0.1, 0.15) is 6.54 Å². The number of aromatic nitrogens is 2. The van der Waals surface area contributed by atoms with E-state index in [9.17, 15) is 22.8 Å². The fourth-order valence-corrected chi connectivity index (χ4v) is 3.74. The van der Waals surface area contributed by atoms with Gasteiger partial charge in [-0.2, -0.15) is 18.3 Å². The summed E-state index contributed by atoms with van der Waals surface area (Å²) in [5, 5.41) is 8.15. The van der Waals surface area contributed by atoms with Gasteiger partial charge in [-0.1, -0.05) is 23.2 Å². The lowest BCUT2D eigenvalue weighted by atomic mass is 10.2. The predicted octanol–water partition coefficient (Wildman–Crippen LogP) is 2.99. The number of nitrogens with zero attached hydrogens (tertiary/aromatic N) is 4. The van der Waals surface area contributed by atoms with Crippen molar-refractivity contribution in [3.8, 4) is 0 Å². The highest BCUT2D eigenvalue weighted by molar-refractivity contribution is 6.32. The minimum atomic E-state index is -4.79. The van der Waals surface area contributed by atoms with Crippen LogP contribution in [0.3, 0.4) is 0 Å². The molecule has 32 heavy (non-hydrogen) atoms. The summed E-state index contributed by atoms with van der Waals surface area (Å²) >= 11 is 11.8. The maximum atomic E-state index is 13.3. The Hall–Kier alpha value is -2.66. The first-order valence-corrected chi connectivity index (χ1v) is 10.4. The smallest absolute Gasteiger partial charge is 0.368 e. The number of urea groups is 1. The second-order valence-electron chi connectivity index (χ2n) is 7.04. The van der Waals surface area contributed by atoms with Gasteiger partial charge in [-0.05, 0) is 24.3 Å². The first-order chi connectivity index (χ1) is 15.1. The molecule has 2 heterocycles. The summed E-state index contributed by atoms with van der Waals surface area (Å²) < 4.78 is 40.7. The Morgan fingerprint density at radius 2 is 1.72 bits per heavy atom. The highest BCUT2D eigenvalue weighted by Gasteiger charge is 2.39. The summed E-state index contributed by atoms with van der Waals surface area (Å²) in [7, 11) is 1.36. The third kappa shape index (κ3) is 5.57. The van der Waals surface area contributed by atoms with E-state index in [0.29, 0.717) is 31.2 Å². The number of alkyl halides is 3. The van der Waals surface area contributed by atoms with Crippen LogP contribution in [0.5, 0.6) is 0 Å². The van der Waals surface area contributed by atoms with Gasteiger partial charge in [-0.3, -0.25) is 9.48 Å². The molecule has 0 aliphatic carbocycles. The maximum absolute atomic E-state index is 13.3. The number of halogens is 5. The largest absolute Gasteiger partial charge is 0.436 e. The Labute approximate surface area is 192 Å². The first kappa shape index (κ1) is 24.0. The Morgan fingerprint density at radius 3 is 2.28 bits per heavy atom. The second kappa shape index (κ2) is 9.86. The predicted molar refractivity (Wildman–Crippen MR) is 114 cm³/mol. The number of hydrogen-bond acceptors (Lipinski definition) is 4. The number of amides is 3. The van der Waals surface area contributed by atoms with Gasteiger partial charge in [0.25, 0.3) is 0 Å². The van der Waals surface area contributed by atoms with E-state index in [1.54, 1.807) is 17.0 Å². The van der Waals surface area contributed by atoms with Gasteiger partial charge in [0.05, 0.1) is 17.3 Å². The number of carbonyl (C=O) groups is 2. The molecular formula is C19H21Cl2F3N6O2. The van der Waals surface area contributed by atoms with Crippen LogP contribution < -0.4 is 15.5 Å². The van der Waals surface area contributed by atoms with Gasteiger partial charge in [0.15, 0.2) is 5.69 Å². The molecule has 0 unspecified atom stereocenters. The fraction of sp³-hybridized carbons (Fsp3) is 0.421. The number of hydrogen-bond donors (Lipinski definition) is 2. The number of piperazine rings is 1. The van der Waals surface area contributed by atoms with Crippen molar-refractivity contribution in [1.82, 2.24) is 25.3 Å². The van der Waals surface area contributed by atoms with E-state index in [1.165, 1.54) is 7.05 Å². The second-order valence-corrected chi connectivity index (χ2v) is 7.86. The van der Waals surface area contributed by atoms with Crippen LogP contribution in [0.15, 0.2) is 24.3 Å². The third-order valence-electron chi connectivity index (χ3n) is 5.01. The van der Waals surface area contributed by atoms with Gasteiger partial charge >= 0.3 is 12.2 Å². The van der Waals surface area contributed by atoms with E-state index in [4.69, 9.17) is 23.2 Å². The van der Waals surface area contributed by atoms with E-state index in [0.717, 1.165) is 10.4 Å². The molecule has 8 nitrogen and oxygen atoms in total. The highest BCUT2D eigenvalue weighted by atomic mass is 35.5.